The van der Waals surface area contributed by atoms with Crippen LogP contribution >= 0.6 is 24.0 Å². The molecule has 0 aliphatic rings. The van der Waals surface area contributed by atoms with Crippen molar-refractivity contribution in [2.45, 2.75) is 66.2 Å². The fourth-order valence-electron chi connectivity index (χ4n) is 2.88. The van der Waals surface area contributed by atoms with E-state index < -0.39 is 0 Å². The molecule has 1 atom stereocenters. The summed E-state index contributed by atoms with van der Waals surface area (Å²) in [7, 11) is 1.83. The van der Waals surface area contributed by atoms with Gasteiger partial charge in [0, 0.05) is 25.7 Å². The molecule has 1 aromatic rings. The molecule has 1 heterocycles. The van der Waals surface area contributed by atoms with Crippen molar-refractivity contribution in [2.75, 3.05) is 20.1 Å². The van der Waals surface area contributed by atoms with Crippen molar-refractivity contribution >= 4 is 29.9 Å². The fourth-order valence-corrected chi connectivity index (χ4v) is 2.88. The fraction of sp³-hybridized carbons (Fsp3) is 0.778. The van der Waals surface area contributed by atoms with Crippen LogP contribution in [0.15, 0.2) is 9.52 Å². The van der Waals surface area contributed by atoms with Crippen LogP contribution in [0.3, 0.4) is 0 Å². The lowest BCUT2D eigenvalue weighted by molar-refractivity contribution is 0.392. The summed E-state index contributed by atoms with van der Waals surface area (Å²) in [5.41, 5.74) is 2.18. The molecule has 0 saturated heterocycles. The van der Waals surface area contributed by atoms with Crippen LogP contribution in [0, 0.1) is 19.8 Å². The Bertz CT molecular complexity index is 454. The number of halogens is 1. The van der Waals surface area contributed by atoms with E-state index in [2.05, 4.69) is 34.6 Å². The van der Waals surface area contributed by atoms with Gasteiger partial charge in [0.05, 0.1) is 5.69 Å². The maximum atomic E-state index is 5.20. The Balaban J connectivity index is 0.00000529. The molecule has 0 aliphatic carbocycles. The molecule has 1 unspecified atom stereocenters. The largest absolute Gasteiger partial charge is 0.361 e. The molecule has 0 bridgehead atoms. The monoisotopic (exact) mass is 450 g/mol. The van der Waals surface area contributed by atoms with E-state index in [9.17, 15) is 0 Å². The number of aryl methyl sites for hydroxylation is 2. The summed E-state index contributed by atoms with van der Waals surface area (Å²) in [5.74, 6) is 2.53. The molecule has 6 heteroatoms. The van der Waals surface area contributed by atoms with Crippen molar-refractivity contribution in [3.05, 3.63) is 17.0 Å². The molecular weight excluding hydrogens is 415 g/mol. The molecule has 0 fully saturated rings. The van der Waals surface area contributed by atoms with Gasteiger partial charge in [0.25, 0.3) is 0 Å². The summed E-state index contributed by atoms with van der Waals surface area (Å²) in [6.07, 6.45) is 7.30. The van der Waals surface area contributed by atoms with Gasteiger partial charge < -0.3 is 15.2 Å². The summed E-state index contributed by atoms with van der Waals surface area (Å²) >= 11 is 0. The second kappa shape index (κ2) is 13.5. The van der Waals surface area contributed by atoms with Gasteiger partial charge in [-0.1, -0.05) is 38.3 Å². The second-order valence-electron chi connectivity index (χ2n) is 6.23. The molecule has 2 N–H and O–H groups in total. The topological polar surface area (TPSA) is 62.5 Å². The molecule has 0 radical (unpaired) electrons. The quantitative estimate of drug-likeness (QED) is 0.318. The van der Waals surface area contributed by atoms with Crippen molar-refractivity contribution in [1.82, 2.24) is 15.8 Å². The number of rotatable bonds is 10. The molecular formula is C18H35IN4O. The van der Waals surface area contributed by atoms with Crippen LogP contribution in [0.25, 0.3) is 0 Å². The van der Waals surface area contributed by atoms with Gasteiger partial charge in [0.1, 0.15) is 5.76 Å². The Labute approximate surface area is 164 Å². The van der Waals surface area contributed by atoms with Gasteiger partial charge in [-0.25, -0.2) is 0 Å². The number of nitrogens with one attached hydrogen (secondary N) is 2. The SMILES string of the molecule is CCCCC(CCC)CNC(=NC)NCCc1c(C)noc1C.I. The number of aromatic nitrogens is 1. The first-order valence-electron chi connectivity index (χ1n) is 8.98. The van der Waals surface area contributed by atoms with Gasteiger partial charge in [-0.05, 0) is 39.0 Å². The minimum absolute atomic E-state index is 0. The van der Waals surface area contributed by atoms with Gasteiger partial charge >= 0.3 is 0 Å². The number of hydrogen-bond acceptors (Lipinski definition) is 3. The molecule has 140 valence electrons. The highest BCUT2D eigenvalue weighted by molar-refractivity contribution is 14.0. The highest BCUT2D eigenvalue weighted by atomic mass is 127. The average molecular weight is 450 g/mol. The van der Waals surface area contributed by atoms with Crippen LogP contribution in [0.5, 0.6) is 0 Å². The molecule has 0 aromatic carbocycles. The maximum Gasteiger partial charge on any atom is 0.190 e. The van der Waals surface area contributed by atoms with Crippen LogP contribution < -0.4 is 10.6 Å². The first-order valence-corrected chi connectivity index (χ1v) is 8.98. The average Bonchev–Trinajstić information content (AvgIpc) is 2.87. The maximum absolute atomic E-state index is 5.20. The molecule has 1 aromatic heterocycles. The predicted molar refractivity (Wildman–Crippen MR) is 112 cm³/mol. The Hall–Kier alpha value is -0.790. The van der Waals surface area contributed by atoms with E-state index in [0.717, 1.165) is 42.8 Å². The number of unbranched alkanes of at least 4 members (excludes halogenated alkanes) is 1. The van der Waals surface area contributed by atoms with Crippen molar-refractivity contribution in [2.24, 2.45) is 10.9 Å². The standard InChI is InChI=1S/C18H34N4O.HI/c1-6-8-10-16(9-7-2)13-21-18(19-5)20-12-11-17-14(3)22-23-15(17)4;/h16H,6-13H2,1-5H3,(H2,19,20,21);1H. The molecule has 24 heavy (non-hydrogen) atoms. The van der Waals surface area contributed by atoms with Crippen LogP contribution in [-0.4, -0.2) is 31.3 Å². The summed E-state index contributed by atoms with van der Waals surface area (Å²) in [6, 6.07) is 0. The van der Waals surface area contributed by atoms with E-state index in [1.807, 2.05) is 20.9 Å². The normalized spacial score (nSPS) is 12.6. The van der Waals surface area contributed by atoms with Gasteiger partial charge in [-0.3, -0.25) is 4.99 Å². The van der Waals surface area contributed by atoms with E-state index in [4.69, 9.17) is 4.52 Å². The van der Waals surface area contributed by atoms with E-state index in [1.165, 1.54) is 37.7 Å². The highest BCUT2D eigenvalue weighted by Crippen LogP contribution is 2.14. The van der Waals surface area contributed by atoms with Crippen LogP contribution in [0.4, 0.5) is 0 Å². The summed E-state index contributed by atoms with van der Waals surface area (Å²) in [6.45, 7) is 10.3. The number of guanidine groups is 1. The molecule has 5 nitrogen and oxygen atoms in total. The Morgan fingerprint density at radius 1 is 1.17 bits per heavy atom. The zero-order valence-corrected chi connectivity index (χ0v) is 18.3. The van der Waals surface area contributed by atoms with Crippen LogP contribution in [0.1, 0.15) is 63.0 Å². The number of nitrogens with zero attached hydrogens (tertiary/aromatic N) is 2. The van der Waals surface area contributed by atoms with Gasteiger partial charge in [0.2, 0.25) is 0 Å². The third-order valence-corrected chi connectivity index (χ3v) is 4.29. The zero-order valence-electron chi connectivity index (χ0n) is 15.9. The summed E-state index contributed by atoms with van der Waals surface area (Å²) < 4.78 is 5.20. The minimum atomic E-state index is 0. The Morgan fingerprint density at radius 3 is 2.46 bits per heavy atom. The van der Waals surface area contributed by atoms with Gasteiger partial charge in [-0.2, -0.15) is 0 Å². The van der Waals surface area contributed by atoms with Crippen molar-refractivity contribution < 1.29 is 4.52 Å². The van der Waals surface area contributed by atoms with Gasteiger partial charge in [0.15, 0.2) is 5.96 Å². The van der Waals surface area contributed by atoms with Crippen LogP contribution in [0.2, 0.25) is 0 Å². The van der Waals surface area contributed by atoms with E-state index in [-0.39, 0.29) is 24.0 Å². The third kappa shape index (κ3) is 8.35. The van der Waals surface area contributed by atoms with E-state index in [0.29, 0.717) is 0 Å². The lowest BCUT2D eigenvalue weighted by atomic mass is 9.97. The van der Waals surface area contributed by atoms with E-state index >= 15 is 0 Å². The summed E-state index contributed by atoms with van der Waals surface area (Å²) in [5, 5.41) is 10.9. The zero-order chi connectivity index (χ0) is 17.1. The van der Waals surface area contributed by atoms with Crippen molar-refractivity contribution in [1.29, 1.82) is 0 Å². The Morgan fingerprint density at radius 2 is 1.92 bits per heavy atom. The first-order chi connectivity index (χ1) is 11.1. The predicted octanol–water partition coefficient (Wildman–Crippen LogP) is 4.22. The van der Waals surface area contributed by atoms with Crippen LogP contribution in [-0.2, 0) is 6.42 Å². The summed E-state index contributed by atoms with van der Waals surface area (Å²) in [4.78, 5) is 4.32. The van der Waals surface area contributed by atoms with E-state index in [1.54, 1.807) is 0 Å². The molecule has 0 aliphatic heterocycles. The first kappa shape index (κ1) is 23.2. The molecule has 0 amide bonds. The molecule has 1 rings (SSSR count). The minimum Gasteiger partial charge on any atom is -0.361 e. The molecule has 0 spiro atoms. The molecule has 0 saturated carbocycles. The lowest BCUT2D eigenvalue weighted by Crippen LogP contribution is -2.40. The smallest absolute Gasteiger partial charge is 0.190 e. The van der Waals surface area contributed by atoms with Crippen molar-refractivity contribution in [3.63, 3.8) is 0 Å². The second-order valence-corrected chi connectivity index (χ2v) is 6.23. The third-order valence-electron chi connectivity index (χ3n) is 4.29. The number of aliphatic imine (C=N–C) groups is 1. The van der Waals surface area contributed by atoms with Gasteiger partial charge in [-0.15, -0.1) is 24.0 Å². The lowest BCUT2D eigenvalue weighted by Gasteiger charge is -2.19. The Kier molecular flexibility index (Phi) is 13.1. The van der Waals surface area contributed by atoms with Crippen molar-refractivity contribution in [3.8, 4) is 0 Å². The number of hydrogen-bond donors (Lipinski definition) is 2. The highest BCUT2D eigenvalue weighted by Gasteiger charge is 2.10.